The summed E-state index contributed by atoms with van der Waals surface area (Å²) in [5, 5.41) is 21.3. The van der Waals surface area contributed by atoms with Crippen molar-refractivity contribution in [2.45, 2.75) is 68.7 Å². The van der Waals surface area contributed by atoms with E-state index in [2.05, 4.69) is 17.1 Å². The van der Waals surface area contributed by atoms with E-state index in [4.69, 9.17) is 25.8 Å². The molecule has 4 aromatic rings. The van der Waals surface area contributed by atoms with Crippen molar-refractivity contribution in [1.29, 1.82) is 0 Å². The maximum Gasteiger partial charge on any atom is 0.301 e. The lowest BCUT2D eigenvalue weighted by Gasteiger charge is -2.23. The third-order valence-electron chi connectivity index (χ3n) is 8.11. The Hall–Kier alpha value is -4.06. The van der Waals surface area contributed by atoms with Crippen molar-refractivity contribution < 1.29 is 28.9 Å². The molecule has 250 valence electrons. The second-order valence-electron chi connectivity index (χ2n) is 11.5. The molecule has 0 saturated carbocycles. The zero-order valence-electron chi connectivity index (χ0n) is 26.9. The van der Waals surface area contributed by atoms with E-state index in [1.807, 2.05) is 44.2 Å². The van der Waals surface area contributed by atoms with Gasteiger partial charge in [0.15, 0.2) is 15.8 Å². The van der Waals surface area contributed by atoms with Gasteiger partial charge in [-0.3, -0.25) is 14.5 Å². The molecule has 9 nitrogen and oxygen atoms in total. The number of unbranched alkanes of at least 4 members (excludes halogenated alkanes) is 2. The number of carbonyl (C=O) groups excluding carboxylic acids is 2. The summed E-state index contributed by atoms with van der Waals surface area (Å²) in [4.78, 5) is 29.0. The maximum absolute atomic E-state index is 13.9. The average Bonchev–Trinajstić information content (AvgIpc) is 3.77. The van der Waals surface area contributed by atoms with Crippen molar-refractivity contribution in [3.8, 4) is 17.2 Å². The van der Waals surface area contributed by atoms with Gasteiger partial charge in [-0.2, -0.15) is 0 Å². The molecule has 1 aromatic heterocycles. The molecule has 3 aromatic carbocycles. The Balaban J connectivity index is 1.40. The molecular formula is C36H36ClN3O6S2. The van der Waals surface area contributed by atoms with Gasteiger partial charge >= 0.3 is 5.91 Å². The third kappa shape index (κ3) is 7.04. The van der Waals surface area contributed by atoms with Crippen LogP contribution in [0.25, 0.3) is 5.76 Å². The number of hydrogen-bond acceptors (Lipinski definition) is 10. The van der Waals surface area contributed by atoms with Crippen LogP contribution in [0.1, 0.15) is 68.3 Å². The van der Waals surface area contributed by atoms with Gasteiger partial charge in [-0.25, -0.2) is 0 Å². The zero-order valence-corrected chi connectivity index (χ0v) is 29.3. The van der Waals surface area contributed by atoms with Gasteiger partial charge in [0.2, 0.25) is 5.13 Å². The number of amides is 1. The van der Waals surface area contributed by atoms with Crippen LogP contribution < -0.4 is 19.1 Å². The van der Waals surface area contributed by atoms with E-state index >= 15 is 0 Å². The summed E-state index contributed by atoms with van der Waals surface area (Å²) in [7, 11) is 0. The summed E-state index contributed by atoms with van der Waals surface area (Å²) in [6.07, 6.45) is 3.70. The van der Waals surface area contributed by atoms with E-state index in [1.54, 1.807) is 30.3 Å². The van der Waals surface area contributed by atoms with Gasteiger partial charge in [0.25, 0.3) is 5.78 Å². The number of carbonyl (C=O) groups is 2. The van der Waals surface area contributed by atoms with E-state index < -0.39 is 17.7 Å². The Bertz CT molecular complexity index is 1860. The molecule has 2 aliphatic rings. The van der Waals surface area contributed by atoms with Crippen LogP contribution in [0.4, 0.5) is 5.13 Å². The van der Waals surface area contributed by atoms with Crippen LogP contribution in [0.2, 0.25) is 5.02 Å². The Morgan fingerprint density at radius 1 is 1.06 bits per heavy atom. The highest BCUT2D eigenvalue weighted by Crippen LogP contribution is 2.46. The van der Waals surface area contributed by atoms with Crippen LogP contribution in [0.3, 0.4) is 0 Å². The number of thioether (sulfide) groups is 1. The van der Waals surface area contributed by atoms with Crippen molar-refractivity contribution >= 4 is 57.3 Å². The number of ether oxygens (including phenoxy) is 3. The van der Waals surface area contributed by atoms with Crippen LogP contribution in [-0.2, 0) is 21.8 Å². The molecule has 1 N–H and O–H groups in total. The van der Waals surface area contributed by atoms with Gasteiger partial charge in [-0.05, 0) is 73.4 Å². The van der Waals surface area contributed by atoms with E-state index in [0.29, 0.717) is 57.4 Å². The number of ketones is 1. The molecule has 1 fully saturated rings. The minimum atomic E-state index is -1.00. The zero-order chi connectivity index (χ0) is 33.8. The highest BCUT2D eigenvalue weighted by atomic mass is 35.5. The number of hydrogen-bond donors (Lipinski definition) is 1. The first kappa shape index (κ1) is 33.8. The number of aliphatic hydroxyl groups excluding tert-OH is 1. The largest absolute Gasteiger partial charge is 0.507 e. The summed E-state index contributed by atoms with van der Waals surface area (Å²) < 4.78 is 18.5. The molecule has 6 rings (SSSR count). The fourth-order valence-electron chi connectivity index (χ4n) is 5.80. The Labute approximate surface area is 292 Å². The summed E-state index contributed by atoms with van der Waals surface area (Å²) in [5.41, 5.74) is 2.79. The van der Waals surface area contributed by atoms with Crippen LogP contribution in [0, 0.1) is 0 Å². The van der Waals surface area contributed by atoms with Crippen molar-refractivity contribution in [2.75, 3.05) is 18.1 Å². The molecule has 2 aliphatic heterocycles. The molecule has 0 aliphatic carbocycles. The number of aliphatic hydroxyl groups is 1. The van der Waals surface area contributed by atoms with E-state index in [0.717, 1.165) is 36.1 Å². The molecule has 1 amide bonds. The molecule has 0 radical (unpaired) electrons. The molecular weight excluding hydrogens is 670 g/mol. The lowest BCUT2D eigenvalue weighted by molar-refractivity contribution is -0.132. The summed E-state index contributed by atoms with van der Waals surface area (Å²) in [6.45, 7) is 6.90. The minimum Gasteiger partial charge on any atom is -0.507 e. The molecule has 0 spiro atoms. The van der Waals surface area contributed by atoms with Crippen LogP contribution >= 0.6 is 34.7 Å². The molecule has 0 bridgehead atoms. The van der Waals surface area contributed by atoms with E-state index in [1.165, 1.54) is 28.0 Å². The predicted octanol–water partition coefficient (Wildman–Crippen LogP) is 8.40. The van der Waals surface area contributed by atoms with Gasteiger partial charge in [-0.1, -0.05) is 78.7 Å². The van der Waals surface area contributed by atoms with Crippen LogP contribution in [0.15, 0.2) is 70.6 Å². The number of rotatable bonds is 13. The molecule has 48 heavy (non-hydrogen) atoms. The lowest BCUT2D eigenvalue weighted by Crippen LogP contribution is -2.29. The van der Waals surface area contributed by atoms with Crippen LogP contribution in [0.5, 0.6) is 17.2 Å². The van der Waals surface area contributed by atoms with Gasteiger partial charge in [0.05, 0.1) is 24.8 Å². The van der Waals surface area contributed by atoms with Crippen molar-refractivity contribution in [3.63, 3.8) is 0 Å². The predicted molar refractivity (Wildman–Crippen MR) is 189 cm³/mol. The number of Topliss-reactive ketones (excluding diaryl/α,β-unsaturated/α-hetero) is 1. The van der Waals surface area contributed by atoms with E-state index in [-0.39, 0.29) is 22.6 Å². The topological polar surface area (TPSA) is 111 Å². The van der Waals surface area contributed by atoms with Gasteiger partial charge in [0.1, 0.15) is 17.6 Å². The SMILES string of the molecule is CCCCCOc1ccc([C@H]2/C(=C(\O)c3ccc4c(c3)C[C@@H](C)O4)C(=O)C(=O)N2c2nnc(SCc3ccccc3Cl)s2)cc1OCC. The van der Waals surface area contributed by atoms with Gasteiger partial charge < -0.3 is 19.3 Å². The molecule has 1 saturated heterocycles. The number of halogens is 1. The number of fused-ring (bicyclic) bond motifs is 1. The summed E-state index contributed by atoms with van der Waals surface area (Å²) in [5.74, 6) is 0.428. The van der Waals surface area contributed by atoms with E-state index in [9.17, 15) is 14.7 Å². The highest BCUT2D eigenvalue weighted by molar-refractivity contribution is 8.00. The average molecular weight is 706 g/mol. The number of aromatic nitrogens is 2. The van der Waals surface area contributed by atoms with Crippen molar-refractivity contribution in [2.24, 2.45) is 0 Å². The quantitative estimate of drug-likeness (QED) is 0.0366. The first-order chi connectivity index (χ1) is 23.3. The highest BCUT2D eigenvalue weighted by Gasteiger charge is 2.48. The minimum absolute atomic E-state index is 0.00468. The van der Waals surface area contributed by atoms with Gasteiger partial charge in [-0.15, -0.1) is 10.2 Å². The number of benzene rings is 3. The smallest absolute Gasteiger partial charge is 0.301 e. The Kier molecular flexibility index (Phi) is 10.6. The van der Waals surface area contributed by atoms with Crippen molar-refractivity contribution in [3.05, 3.63) is 93.5 Å². The van der Waals surface area contributed by atoms with Gasteiger partial charge in [0, 0.05) is 22.8 Å². The monoisotopic (exact) mass is 705 g/mol. The first-order valence-corrected chi connectivity index (χ1v) is 18.2. The fraction of sp³-hybridized carbons (Fsp3) is 0.333. The van der Waals surface area contributed by atoms with Crippen LogP contribution in [-0.4, -0.2) is 46.3 Å². The number of anilines is 1. The third-order valence-corrected chi connectivity index (χ3v) is 10.6. The summed E-state index contributed by atoms with van der Waals surface area (Å²) in [6, 6.07) is 17.2. The molecule has 3 heterocycles. The molecule has 2 atom stereocenters. The fourth-order valence-corrected chi connectivity index (χ4v) is 7.95. The second-order valence-corrected chi connectivity index (χ2v) is 14.1. The summed E-state index contributed by atoms with van der Waals surface area (Å²) >= 11 is 8.98. The standard InChI is InChI=1S/C36H36ClN3O6S2/c1-4-6-9-16-45-28-15-12-22(19-29(28)44-5-2)31-30(32(41)23-13-14-27-25(18-23)17-21(3)46-27)33(42)34(43)40(31)35-38-39-36(48-35)47-20-24-10-7-8-11-26(24)37/h7-8,10-15,18-19,21,31,41H,4-6,9,16-17,20H2,1-3H3/b32-30+/t21-,31+/m1/s1. The lowest BCUT2D eigenvalue weighted by atomic mass is 9.94. The maximum atomic E-state index is 13.9. The first-order valence-electron chi connectivity index (χ1n) is 16.0. The van der Waals surface area contributed by atoms with Crippen molar-refractivity contribution in [1.82, 2.24) is 10.2 Å². The number of nitrogens with zero attached hydrogens (tertiary/aromatic N) is 3. The Morgan fingerprint density at radius 2 is 1.90 bits per heavy atom. The normalized spacial score (nSPS) is 18.2. The molecule has 12 heteroatoms. The Morgan fingerprint density at radius 3 is 2.69 bits per heavy atom. The molecule has 0 unspecified atom stereocenters. The second kappa shape index (κ2) is 15.0.